The Morgan fingerprint density at radius 2 is 1.94 bits per heavy atom. The van der Waals surface area contributed by atoms with Crippen molar-refractivity contribution in [2.45, 2.75) is 30.3 Å². The summed E-state index contributed by atoms with van der Waals surface area (Å²) in [6, 6.07) is 7.92. The fraction of sp³-hybridized carbons (Fsp3) is 0.353. The molecular weight excluding hydrogens is 433 g/mol. The monoisotopic (exact) mass is 453 g/mol. The minimum Gasteiger partial charge on any atom is -0.394 e. The largest absolute Gasteiger partial charge is 0.394 e. The Labute approximate surface area is 174 Å². The lowest BCUT2D eigenvalue weighted by atomic mass is 10.1. The second-order valence-electron chi connectivity index (χ2n) is 7.01. The van der Waals surface area contributed by atoms with Crippen LogP contribution in [0.25, 0.3) is 11.2 Å². The number of aromatic amines is 1. The van der Waals surface area contributed by atoms with Gasteiger partial charge in [0.05, 0.1) is 12.9 Å². The van der Waals surface area contributed by atoms with Crippen LogP contribution in [-0.4, -0.2) is 69.5 Å². The van der Waals surface area contributed by atoms with Gasteiger partial charge < -0.3 is 35.2 Å². The number of aromatic nitrogens is 4. The van der Waals surface area contributed by atoms with Crippen LogP contribution in [0.3, 0.4) is 0 Å². The molecule has 14 heteroatoms. The molecular formula is C17H20N5O8P. The molecule has 0 amide bonds. The number of hydrogen-bond donors (Lipinski definition) is 7. The average Bonchev–Trinajstić information content (AvgIpc) is 3.27. The Bertz CT molecular complexity index is 1180. The molecule has 0 bridgehead atoms. The Kier molecular flexibility index (Phi) is 5.66. The standard InChI is InChI=1S/C17H20N5O8P/c23-6-9-11(24)12(25)16(30-9)22-7-18-10-13(22)19-17(20-14(10)26)21-15(31(27,28)29)8-4-2-1-3-5-8/h1-5,7,9,11-12,15-16,23-25H,6H2,(H2,27,28,29)(H2,19,20,21,26)/t9-,11-,12-,15?,16-/m1/s1. The molecule has 3 aromatic rings. The molecule has 3 heterocycles. The van der Waals surface area contributed by atoms with Crippen molar-refractivity contribution in [1.29, 1.82) is 0 Å². The Hall–Kier alpha value is -2.64. The van der Waals surface area contributed by atoms with E-state index in [9.17, 15) is 34.5 Å². The van der Waals surface area contributed by atoms with Gasteiger partial charge in [0.2, 0.25) is 5.95 Å². The lowest BCUT2D eigenvalue weighted by molar-refractivity contribution is -0.0511. The van der Waals surface area contributed by atoms with E-state index in [1.54, 1.807) is 18.2 Å². The number of aliphatic hydroxyl groups is 3. The van der Waals surface area contributed by atoms with Crippen molar-refractivity contribution < 1.29 is 34.4 Å². The fourth-order valence-corrected chi connectivity index (χ4v) is 4.27. The predicted octanol–water partition coefficient (Wildman–Crippen LogP) is -0.981. The number of ether oxygens (including phenoxy) is 1. The van der Waals surface area contributed by atoms with Crippen LogP contribution in [0.15, 0.2) is 41.5 Å². The minimum atomic E-state index is -4.71. The molecule has 1 aliphatic rings. The third-order valence-electron chi connectivity index (χ3n) is 4.95. The Morgan fingerprint density at radius 1 is 1.23 bits per heavy atom. The van der Waals surface area contributed by atoms with Gasteiger partial charge in [-0.25, -0.2) is 4.98 Å². The number of anilines is 1. The van der Waals surface area contributed by atoms with Crippen LogP contribution in [0, 0.1) is 0 Å². The zero-order valence-corrected chi connectivity index (χ0v) is 16.7. The first kappa shape index (κ1) is 21.6. The maximum Gasteiger partial charge on any atom is 0.352 e. The molecule has 4 rings (SSSR count). The number of imidazole rings is 1. The van der Waals surface area contributed by atoms with Crippen molar-refractivity contribution in [2.24, 2.45) is 0 Å². The normalized spacial score (nSPS) is 25.1. The second kappa shape index (κ2) is 8.13. The van der Waals surface area contributed by atoms with Crippen LogP contribution < -0.4 is 10.9 Å². The smallest absolute Gasteiger partial charge is 0.352 e. The van der Waals surface area contributed by atoms with Gasteiger partial charge in [0, 0.05) is 0 Å². The van der Waals surface area contributed by atoms with Crippen LogP contribution in [0.2, 0.25) is 0 Å². The predicted molar refractivity (Wildman–Crippen MR) is 106 cm³/mol. The molecule has 1 fully saturated rings. The van der Waals surface area contributed by atoms with Gasteiger partial charge in [0.1, 0.15) is 18.3 Å². The van der Waals surface area contributed by atoms with Crippen LogP contribution >= 0.6 is 7.60 Å². The molecule has 31 heavy (non-hydrogen) atoms. The number of H-pyrrole nitrogens is 1. The summed E-state index contributed by atoms with van der Waals surface area (Å²) in [6.45, 7) is -0.538. The van der Waals surface area contributed by atoms with Crippen molar-refractivity contribution >= 4 is 24.7 Å². The number of nitrogens with one attached hydrogen (secondary N) is 2. The number of nitrogens with zero attached hydrogens (tertiary/aromatic N) is 3. The molecule has 2 aromatic heterocycles. The summed E-state index contributed by atoms with van der Waals surface area (Å²) in [7, 11) is -4.71. The molecule has 0 aliphatic carbocycles. The van der Waals surface area contributed by atoms with Crippen LogP contribution in [0.1, 0.15) is 17.6 Å². The van der Waals surface area contributed by atoms with E-state index < -0.39 is 50.1 Å². The summed E-state index contributed by atoms with van der Waals surface area (Å²) in [5, 5.41) is 32.1. The highest BCUT2D eigenvalue weighted by Crippen LogP contribution is 2.51. The van der Waals surface area contributed by atoms with Crippen molar-refractivity contribution in [3.63, 3.8) is 0 Å². The maximum absolute atomic E-state index is 12.5. The summed E-state index contributed by atoms with van der Waals surface area (Å²) in [4.78, 5) is 42.5. The summed E-state index contributed by atoms with van der Waals surface area (Å²) >= 11 is 0. The number of rotatable bonds is 6. The van der Waals surface area contributed by atoms with Gasteiger partial charge in [-0.1, -0.05) is 30.3 Å². The van der Waals surface area contributed by atoms with Crippen LogP contribution in [-0.2, 0) is 9.30 Å². The third kappa shape index (κ3) is 4.00. The number of hydrogen-bond acceptors (Lipinski definition) is 9. The van der Waals surface area contributed by atoms with Gasteiger partial charge in [-0.3, -0.25) is 18.9 Å². The summed E-state index contributed by atoms with van der Waals surface area (Å²) in [5.41, 5.74) is -0.597. The molecule has 13 nitrogen and oxygen atoms in total. The van der Waals surface area contributed by atoms with E-state index in [0.717, 1.165) is 0 Å². The lowest BCUT2D eigenvalue weighted by Crippen LogP contribution is -2.33. The second-order valence-corrected chi connectivity index (χ2v) is 8.71. The van der Waals surface area contributed by atoms with Gasteiger partial charge in [-0.05, 0) is 5.56 Å². The Morgan fingerprint density at radius 3 is 2.55 bits per heavy atom. The van der Waals surface area contributed by atoms with E-state index in [-0.39, 0.29) is 22.7 Å². The average molecular weight is 453 g/mol. The van der Waals surface area contributed by atoms with Crippen molar-refractivity contribution in [1.82, 2.24) is 19.5 Å². The molecule has 5 atom stereocenters. The van der Waals surface area contributed by atoms with Gasteiger partial charge in [0.15, 0.2) is 23.2 Å². The van der Waals surface area contributed by atoms with E-state index in [2.05, 4.69) is 20.3 Å². The minimum absolute atomic E-state index is 0.0568. The highest BCUT2D eigenvalue weighted by Gasteiger charge is 2.44. The van der Waals surface area contributed by atoms with Crippen molar-refractivity contribution in [3.8, 4) is 0 Å². The maximum atomic E-state index is 12.5. The Balaban J connectivity index is 1.74. The van der Waals surface area contributed by atoms with Gasteiger partial charge in [-0.2, -0.15) is 4.98 Å². The summed E-state index contributed by atoms with van der Waals surface area (Å²) < 4.78 is 18.7. The van der Waals surface area contributed by atoms with Gasteiger partial charge in [0.25, 0.3) is 5.56 Å². The van der Waals surface area contributed by atoms with Crippen molar-refractivity contribution in [3.05, 3.63) is 52.6 Å². The van der Waals surface area contributed by atoms with E-state index in [1.165, 1.54) is 23.0 Å². The zero-order chi connectivity index (χ0) is 22.3. The van der Waals surface area contributed by atoms with E-state index in [0.29, 0.717) is 0 Å². The molecule has 1 unspecified atom stereocenters. The zero-order valence-electron chi connectivity index (χ0n) is 15.8. The molecule has 1 aromatic carbocycles. The first-order valence-corrected chi connectivity index (χ1v) is 10.8. The molecule has 0 spiro atoms. The van der Waals surface area contributed by atoms with E-state index in [1.807, 2.05) is 0 Å². The van der Waals surface area contributed by atoms with Crippen LogP contribution in [0.5, 0.6) is 0 Å². The third-order valence-corrected chi connectivity index (χ3v) is 6.05. The molecule has 1 saturated heterocycles. The van der Waals surface area contributed by atoms with E-state index in [4.69, 9.17) is 4.74 Å². The van der Waals surface area contributed by atoms with Gasteiger partial charge in [-0.15, -0.1) is 0 Å². The fourth-order valence-electron chi connectivity index (χ4n) is 3.42. The van der Waals surface area contributed by atoms with Gasteiger partial charge >= 0.3 is 7.60 Å². The SMILES string of the molecule is O=c1[nH]c(NC(c2ccccc2)P(=O)(O)O)nc2c1ncn2[C@@H]1O[C@H](CO)[C@@H](O)[C@H]1O. The molecule has 166 valence electrons. The van der Waals surface area contributed by atoms with Crippen LogP contribution in [0.4, 0.5) is 5.95 Å². The first-order chi connectivity index (χ1) is 14.7. The number of fused-ring (bicyclic) bond motifs is 1. The van der Waals surface area contributed by atoms with Crippen molar-refractivity contribution in [2.75, 3.05) is 11.9 Å². The summed E-state index contributed by atoms with van der Waals surface area (Å²) in [5.74, 6) is -1.73. The molecule has 0 radical (unpaired) electrons. The number of aliphatic hydroxyl groups excluding tert-OH is 3. The van der Waals surface area contributed by atoms with E-state index >= 15 is 0 Å². The number of benzene rings is 1. The summed E-state index contributed by atoms with van der Waals surface area (Å²) in [6.07, 6.45) is -3.86. The molecule has 7 N–H and O–H groups in total. The highest BCUT2D eigenvalue weighted by molar-refractivity contribution is 7.52. The molecule has 1 aliphatic heterocycles. The topological polar surface area (TPSA) is 203 Å². The highest BCUT2D eigenvalue weighted by atomic mass is 31.2. The lowest BCUT2D eigenvalue weighted by Gasteiger charge is -2.21. The first-order valence-electron chi connectivity index (χ1n) is 9.16. The quantitative estimate of drug-likeness (QED) is 0.226. The molecule has 0 saturated carbocycles.